The number of unbranched alkanes of at least 4 members (excludes halogenated alkanes) is 1. The standard InChI is InChI=1S/C11H20N4O2/c1-4-5-6-12-10(16)8-15-7-9(13-14-15)11(2,3)17/h7,17H,4-6,8H2,1-3H3,(H,12,16). The molecule has 0 bridgehead atoms. The Morgan fingerprint density at radius 1 is 1.59 bits per heavy atom. The Morgan fingerprint density at radius 3 is 2.82 bits per heavy atom. The Balaban J connectivity index is 2.46. The quantitative estimate of drug-likeness (QED) is 0.706. The van der Waals surface area contributed by atoms with E-state index in [1.54, 1.807) is 20.0 Å². The van der Waals surface area contributed by atoms with Crippen molar-refractivity contribution in [1.82, 2.24) is 20.3 Å². The number of amides is 1. The highest BCUT2D eigenvalue weighted by Gasteiger charge is 2.20. The lowest BCUT2D eigenvalue weighted by molar-refractivity contribution is -0.121. The van der Waals surface area contributed by atoms with Gasteiger partial charge >= 0.3 is 0 Å². The Morgan fingerprint density at radius 2 is 2.29 bits per heavy atom. The molecule has 0 fully saturated rings. The van der Waals surface area contributed by atoms with Gasteiger partial charge in [-0.25, -0.2) is 4.68 Å². The van der Waals surface area contributed by atoms with E-state index in [0.29, 0.717) is 12.2 Å². The second-order valence-corrected chi connectivity index (χ2v) is 4.56. The molecule has 1 aromatic rings. The molecule has 0 aromatic carbocycles. The van der Waals surface area contributed by atoms with Crippen molar-refractivity contribution in [2.24, 2.45) is 0 Å². The first-order valence-corrected chi connectivity index (χ1v) is 5.83. The zero-order chi connectivity index (χ0) is 12.9. The number of carbonyl (C=O) groups is 1. The van der Waals surface area contributed by atoms with E-state index in [2.05, 4.69) is 22.6 Å². The van der Waals surface area contributed by atoms with Gasteiger partial charge in [-0.1, -0.05) is 18.6 Å². The van der Waals surface area contributed by atoms with Crippen LogP contribution >= 0.6 is 0 Å². The molecule has 0 aliphatic carbocycles. The molecule has 0 aliphatic heterocycles. The number of aliphatic hydroxyl groups is 1. The molecule has 0 spiro atoms. The molecule has 6 heteroatoms. The Kier molecular flexibility index (Phi) is 4.62. The number of nitrogens with zero attached hydrogens (tertiary/aromatic N) is 3. The summed E-state index contributed by atoms with van der Waals surface area (Å²) in [7, 11) is 0. The first-order valence-electron chi connectivity index (χ1n) is 5.83. The van der Waals surface area contributed by atoms with Crippen molar-refractivity contribution in [2.45, 2.75) is 45.8 Å². The molecule has 17 heavy (non-hydrogen) atoms. The first-order chi connectivity index (χ1) is 7.93. The minimum atomic E-state index is -1.03. The minimum Gasteiger partial charge on any atom is -0.384 e. The minimum absolute atomic E-state index is 0.0920. The van der Waals surface area contributed by atoms with Crippen molar-refractivity contribution in [3.8, 4) is 0 Å². The van der Waals surface area contributed by atoms with Crippen LogP contribution in [0, 0.1) is 0 Å². The highest BCUT2D eigenvalue weighted by Crippen LogP contribution is 2.15. The van der Waals surface area contributed by atoms with Crippen LogP contribution in [0.5, 0.6) is 0 Å². The molecule has 1 rings (SSSR count). The summed E-state index contributed by atoms with van der Waals surface area (Å²) in [4.78, 5) is 11.5. The number of rotatable bonds is 6. The first kappa shape index (κ1) is 13.6. The third kappa shape index (κ3) is 4.52. The molecule has 6 nitrogen and oxygen atoms in total. The SMILES string of the molecule is CCCCNC(=O)Cn1cc(C(C)(C)O)nn1. The summed E-state index contributed by atoms with van der Waals surface area (Å²) in [5.74, 6) is -0.0920. The van der Waals surface area contributed by atoms with Gasteiger partial charge in [-0.15, -0.1) is 5.10 Å². The summed E-state index contributed by atoms with van der Waals surface area (Å²) in [6.07, 6.45) is 3.60. The van der Waals surface area contributed by atoms with Crippen molar-refractivity contribution in [3.05, 3.63) is 11.9 Å². The number of aromatic nitrogens is 3. The molecule has 0 atom stereocenters. The predicted octanol–water partition coefficient (Wildman–Crippen LogP) is 0.422. The monoisotopic (exact) mass is 240 g/mol. The molecular formula is C11H20N4O2. The van der Waals surface area contributed by atoms with Gasteiger partial charge in [-0.2, -0.15) is 0 Å². The van der Waals surface area contributed by atoms with E-state index in [-0.39, 0.29) is 12.5 Å². The summed E-state index contributed by atoms with van der Waals surface area (Å²) < 4.78 is 1.43. The van der Waals surface area contributed by atoms with Crippen LogP contribution in [-0.4, -0.2) is 32.6 Å². The van der Waals surface area contributed by atoms with Crippen molar-refractivity contribution in [2.75, 3.05) is 6.54 Å². The van der Waals surface area contributed by atoms with Crippen LogP contribution in [0.15, 0.2) is 6.20 Å². The highest BCUT2D eigenvalue weighted by atomic mass is 16.3. The lowest BCUT2D eigenvalue weighted by atomic mass is 10.1. The number of hydrogen-bond acceptors (Lipinski definition) is 4. The van der Waals surface area contributed by atoms with Gasteiger partial charge in [-0.05, 0) is 20.3 Å². The molecule has 0 saturated carbocycles. The van der Waals surface area contributed by atoms with Crippen LogP contribution in [0.4, 0.5) is 0 Å². The maximum Gasteiger partial charge on any atom is 0.241 e. The number of hydrogen-bond donors (Lipinski definition) is 2. The molecule has 2 N–H and O–H groups in total. The average molecular weight is 240 g/mol. The summed E-state index contributed by atoms with van der Waals surface area (Å²) in [6.45, 7) is 6.14. The van der Waals surface area contributed by atoms with Crippen molar-refractivity contribution < 1.29 is 9.90 Å². The van der Waals surface area contributed by atoms with Gasteiger partial charge in [0.1, 0.15) is 17.8 Å². The van der Waals surface area contributed by atoms with Crippen LogP contribution < -0.4 is 5.32 Å². The van der Waals surface area contributed by atoms with Gasteiger partial charge in [-0.3, -0.25) is 4.79 Å². The van der Waals surface area contributed by atoms with Gasteiger partial charge in [0.15, 0.2) is 0 Å². The summed E-state index contributed by atoms with van der Waals surface area (Å²) >= 11 is 0. The maximum atomic E-state index is 11.5. The lowest BCUT2D eigenvalue weighted by Crippen LogP contribution is -2.28. The van der Waals surface area contributed by atoms with Crippen molar-refractivity contribution in [1.29, 1.82) is 0 Å². The Hall–Kier alpha value is -1.43. The van der Waals surface area contributed by atoms with E-state index in [1.165, 1.54) is 4.68 Å². The van der Waals surface area contributed by atoms with Crippen LogP contribution in [0.2, 0.25) is 0 Å². The second kappa shape index (κ2) is 5.77. The van der Waals surface area contributed by atoms with Gasteiger partial charge in [0, 0.05) is 6.54 Å². The van der Waals surface area contributed by atoms with E-state index >= 15 is 0 Å². The van der Waals surface area contributed by atoms with Crippen LogP contribution in [-0.2, 0) is 16.9 Å². The molecule has 0 radical (unpaired) electrons. The second-order valence-electron chi connectivity index (χ2n) is 4.56. The van der Waals surface area contributed by atoms with E-state index in [4.69, 9.17) is 0 Å². The number of nitrogens with one attached hydrogen (secondary N) is 1. The van der Waals surface area contributed by atoms with Crippen LogP contribution in [0.1, 0.15) is 39.3 Å². The molecule has 0 saturated heterocycles. The fourth-order valence-corrected chi connectivity index (χ4v) is 1.26. The van der Waals surface area contributed by atoms with Crippen LogP contribution in [0.3, 0.4) is 0 Å². The summed E-state index contributed by atoms with van der Waals surface area (Å²) in [6, 6.07) is 0. The molecule has 1 amide bonds. The zero-order valence-corrected chi connectivity index (χ0v) is 10.6. The Labute approximate surface area is 101 Å². The van der Waals surface area contributed by atoms with E-state index in [0.717, 1.165) is 12.8 Å². The molecule has 0 unspecified atom stereocenters. The predicted molar refractivity (Wildman–Crippen MR) is 63.2 cm³/mol. The van der Waals surface area contributed by atoms with E-state index in [9.17, 15) is 9.90 Å². The average Bonchev–Trinajstić information content (AvgIpc) is 2.66. The molecule has 1 heterocycles. The Bertz CT molecular complexity index is 368. The fraction of sp³-hybridized carbons (Fsp3) is 0.727. The van der Waals surface area contributed by atoms with E-state index in [1.807, 2.05) is 0 Å². The van der Waals surface area contributed by atoms with Gasteiger partial charge in [0.05, 0.1) is 6.20 Å². The highest BCUT2D eigenvalue weighted by molar-refractivity contribution is 5.75. The van der Waals surface area contributed by atoms with Gasteiger partial charge < -0.3 is 10.4 Å². The lowest BCUT2D eigenvalue weighted by Gasteiger charge is -2.11. The van der Waals surface area contributed by atoms with Crippen LogP contribution in [0.25, 0.3) is 0 Å². The van der Waals surface area contributed by atoms with E-state index < -0.39 is 5.60 Å². The summed E-state index contributed by atoms with van der Waals surface area (Å²) in [5.41, 5.74) is -0.574. The third-order valence-electron chi connectivity index (χ3n) is 2.32. The fourth-order valence-electron chi connectivity index (χ4n) is 1.26. The molecule has 96 valence electrons. The van der Waals surface area contributed by atoms with Crippen molar-refractivity contribution in [3.63, 3.8) is 0 Å². The summed E-state index contributed by atoms with van der Waals surface area (Å²) in [5, 5.41) is 20.1. The zero-order valence-electron chi connectivity index (χ0n) is 10.6. The number of carbonyl (C=O) groups excluding carboxylic acids is 1. The molecule has 0 aliphatic rings. The normalized spacial score (nSPS) is 11.5. The smallest absolute Gasteiger partial charge is 0.241 e. The van der Waals surface area contributed by atoms with Gasteiger partial charge in [0.2, 0.25) is 5.91 Å². The van der Waals surface area contributed by atoms with Crippen molar-refractivity contribution >= 4 is 5.91 Å². The third-order valence-corrected chi connectivity index (χ3v) is 2.32. The molecule has 1 aromatic heterocycles. The topological polar surface area (TPSA) is 80.0 Å². The van der Waals surface area contributed by atoms with Gasteiger partial charge in [0.25, 0.3) is 0 Å². The largest absolute Gasteiger partial charge is 0.384 e. The maximum absolute atomic E-state index is 11.5. The molecular weight excluding hydrogens is 220 g/mol.